The smallest absolute Gasteiger partial charge is 0.132 e. The van der Waals surface area contributed by atoms with E-state index in [4.69, 9.17) is 0 Å². The van der Waals surface area contributed by atoms with Gasteiger partial charge in [0, 0.05) is 24.7 Å². The number of allylic oxidation sites excluding steroid dienone is 5. The Morgan fingerprint density at radius 2 is 1.63 bits per heavy atom. The second-order valence-corrected chi connectivity index (χ2v) is 10.5. The van der Waals surface area contributed by atoms with Crippen molar-refractivity contribution in [2.75, 3.05) is 13.1 Å². The van der Waals surface area contributed by atoms with Crippen LogP contribution in [-0.2, 0) is 0 Å². The third-order valence-electron chi connectivity index (χ3n) is 6.98. The van der Waals surface area contributed by atoms with E-state index in [-0.39, 0.29) is 0 Å². The summed E-state index contributed by atoms with van der Waals surface area (Å²) in [5, 5.41) is 6.40. The van der Waals surface area contributed by atoms with E-state index in [1.54, 1.807) is 0 Å². The van der Waals surface area contributed by atoms with E-state index in [1.165, 1.54) is 75.7 Å². The maximum absolute atomic E-state index is 3.96. The van der Waals surface area contributed by atoms with Crippen LogP contribution in [0.15, 0.2) is 34.9 Å². The molecule has 0 fully saturated rings. The molecule has 0 radical (unpaired) electrons. The molecule has 1 aliphatic heterocycles. The van der Waals surface area contributed by atoms with E-state index in [0.29, 0.717) is 11.4 Å². The maximum Gasteiger partial charge on any atom is 0.132 e. The van der Waals surface area contributed by atoms with E-state index in [9.17, 15) is 0 Å². The zero-order valence-electron chi connectivity index (χ0n) is 20.5. The number of hydrogen-bond acceptors (Lipinski definition) is 3. The lowest BCUT2D eigenvalue weighted by Gasteiger charge is -2.35. The molecule has 0 aromatic carbocycles. The third kappa shape index (κ3) is 8.46. The zero-order valence-corrected chi connectivity index (χ0v) is 21.3. The highest BCUT2D eigenvalue weighted by Crippen LogP contribution is 2.34. The molecule has 0 aromatic rings. The van der Waals surface area contributed by atoms with Gasteiger partial charge in [-0.1, -0.05) is 102 Å². The van der Waals surface area contributed by atoms with Gasteiger partial charge in [-0.15, -0.1) is 0 Å². The van der Waals surface area contributed by atoms with Crippen molar-refractivity contribution in [1.82, 2.24) is 10.2 Å². The van der Waals surface area contributed by atoms with E-state index < -0.39 is 0 Å². The van der Waals surface area contributed by atoms with Crippen molar-refractivity contribution in [3.8, 4) is 0 Å². The summed E-state index contributed by atoms with van der Waals surface area (Å²) in [4.78, 5) is 2.80. The van der Waals surface area contributed by atoms with E-state index in [0.717, 1.165) is 24.7 Å². The van der Waals surface area contributed by atoms with Gasteiger partial charge in [-0.25, -0.2) is 0 Å². The molecular formula is C27H48N2S. The Morgan fingerprint density at radius 3 is 2.20 bits per heavy atom. The molecule has 4 atom stereocenters. The Hall–Kier alpha value is -0.670. The lowest BCUT2D eigenvalue weighted by molar-refractivity contribution is 0.158. The first-order valence-electron chi connectivity index (χ1n) is 12.8. The second-order valence-electron chi connectivity index (χ2n) is 9.51. The maximum atomic E-state index is 3.96. The number of rotatable bonds is 14. The lowest BCUT2D eigenvalue weighted by atomic mass is 9.96. The number of thioether (sulfide) groups is 1. The Balaban J connectivity index is 2.03. The minimum Gasteiger partial charge on any atom is -0.364 e. The fraction of sp³-hybridized carbons (Fsp3) is 0.778. The van der Waals surface area contributed by atoms with E-state index >= 15 is 0 Å². The summed E-state index contributed by atoms with van der Waals surface area (Å²) in [6.07, 6.45) is 20.1. The summed E-state index contributed by atoms with van der Waals surface area (Å²) in [6, 6.07) is 0. The van der Waals surface area contributed by atoms with Gasteiger partial charge in [0.15, 0.2) is 0 Å². The van der Waals surface area contributed by atoms with Crippen LogP contribution in [0.2, 0.25) is 0 Å². The van der Waals surface area contributed by atoms with Crippen LogP contribution < -0.4 is 5.32 Å². The average Bonchev–Trinajstić information content (AvgIpc) is 3.15. The van der Waals surface area contributed by atoms with Gasteiger partial charge in [-0.05, 0) is 49.9 Å². The Labute approximate surface area is 192 Å². The summed E-state index contributed by atoms with van der Waals surface area (Å²) in [7, 11) is 0. The van der Waals surface area contributed by atoms with E-state index in [1.807, 2.05) is 11.8 Å². The van der Waals surface area contributed by atoms with Crippen LogP contribution in [0.3, 0.4) is 0 Å². The molecule has 0 spiro atoms. The normalized spacial score (nSPS) is 23.7. The molecule has 0 saturated heterocycles. The van der Waals surface area contributed by atoms with Crippen molar-refractivity contribution < 1.29 is 0 Å². The average molecular weight is 433 g/mol. The van der Waals surface area contributed by atoms with Gasteiger partial charge < -0.3 is 5.32 Å². The van der Waals surface area contributed by atoms with Gasteiger partial charge in [0.2, 0.25) is 0 Å². The molecule has 2 nitrogen and oxygen atoms in total. The monoisotopic (exact) mass is 432 g/mol. The quantitative estimate of drug-likeness (QED) is 0.298. The number of unbranched alkanes of at least 4 members (excludes halogenated alkanes) is 2. The van der Waals surface area contributed by atoms with Gasteiger partial charge in [-0.2, -0.15) is 0 Å². The van der Waals surface area contributed by atoms with Crippen LogP contribution in [0.4, 0.5) is 0 Å². The van der Waals surface area contributed by atoms with Crippen molar-refractivity contribution in [2.45, 2.75) is 104 Å². The van der Waals surface area contributed by atoms with Crippen LogP contribution in [0.5, 0.6) is 0 Å². The fourth-order valence-corrected chi connectivity index (χ4v) is 5.75. The molecule has 3 heteroatoms. The predicted molar refractivity (Wildman–Crippen MR) is 136 cm³/mol. The summed E-state index contributed by atoms with van der Waals surface area (Å²) in [5.74, 6) is 2.26. The van der Waals surface area contributed by atoms with Gasteiger partial charge in [0.25, 0.3) is 0 Å². The molecule has 0 aromatic heterocycles. The minimum absolute atomic E-state index is 0.420. The summed E-state index contributed by atoms with van der Waals surface area (Å²) >= 11 is 2.02. The molecule has 2 rings (SSSR count). The van der Waals surface area contributed by atoms with Gasteiger partial charge >= 0.3 is 0 Å². The van der Waals surface area contributed by atoms with Crippen LogP contribution in [0.25, 0.3) is 0 Å². The second kappa shape index (κ2) is 14.4. The van der Waals surface area contributed by atoms with Crippen molar-refractivity contribution in [3.63, 3.8) is 0 Å². The summed E-state index contributed by atoms with van der Waals surface area (Å²) in [5.41, 5.74) is 3.29. The first-order chi connectivity index (χ1) is 14.6. The topological polar surface area (TPSA) is 15.3 Å². The van der Waals surface area contributed by atoms with Crippen LogP contribution in [-0.4, -0.2) is 23.5 Å². The first-order valence-corrected chi connectivity index (χ1v) is 13.7. The summed E-state index contributed by atoms with van der Waals surface area (Å²) < 4.78 is 0. The van der Waals surface area contributed by atoms with Gasteiger partial charge in [-0.3, -0.25) is 4.90 Å². The number of nitrogens with one attached hydrogen (secondary N) is 1. The van der Waals surface area contributed by atoms with Crippen molar-refractivity contribution >= 4 is 11.8 Å². The molecule has 2 aliphatic rings. The van der Waals surface area contributed by atoms with Crippen molar-refractivity contribution in [2.24, 2.45) is 17.8 Å². The molecule has 1 heterocycles. The highest BCUT2D eigenvalue weighted by atomic mass is 32.2. The molecule has 0 bridgehead atoms. The minimum atomic E-state index is 0.420. The van der Waals surface area contributed by atoms with Crippen LogP contribution >= 0.6 is 11.8 Å². The van der Waals surface area contributed by atoms with Crippen LogP contribution in [0, 0.1) is 17.8 Å². The Morgan fingerprint density at radius 1 is 1.00 bits per heavy atom. The Kier molecular flexibility index (Phi) is 12.3. The molecule has 1 aliphatic carbocycles. The molecule has 0 amide bonds. The number of hydrogen-bond donors (Lipinski definition) is 1. The highest BCUT2D eigenvalue weighted by Gasteiger charge is 2.29. The molecule has 172 valence electrons. The van der Waals surface area contributed by atoms with Crippen LogP contribution in [0.1, 0.15) is 98.8 Å². The molecule has 0 saturated carbocycles. The molecule has 1 N–H and O–H groups in total. The highest BCUT2D eigenvalue weighted by molar-refractivity contribution is 8.02. The zero-order chi connectivity index (χ0) is 21.8. The van der Waals surface area contributed by atoms with Gasteiger partial charge in [0.1, 0.15) is 5.50 Å². The SMILES string of the molecule is CCCCC(CC)CN(CC(CC)CCCC)C1NC(C2CC=CC(C)=CC2)=CS1. The fourth-order valence-electron chi connectivity index (χ4n) is 4.67. The van der Waals surface area contributed by atoms with Crippen molar-refractivity contribution in [3.05, 3.63) is 34.9 Å². The molecular weight excluding hydrogens is 384 g/mol. The Bertz CT molecular complexity index is 547. The molecule has 4 unspecified atom stereocenters. The third-order valence-corrected chi connectivity index (χ3v) is 8.05. The summed E-state index contributed by atoms with van der Waals surface area (Å²) in [6.45, 7) is 14.1. The standard InChI is InChI=1S/C27H48N2S/c1-6-10-14-23(8-3)19-29(20-24(9-4)15-11-7-2)27-28-26(21-30-27)25-16-12-13-22(5)17-18-25/h12-13,17,21,23-25,27-28H,6-11,14-16,18-20H2,1-5H3. The lowest BCUT2D eigenvalue weighted by Crippen LogP contribution is -2.46. The van der Waals surface area contributed by atoms with E-state index in [2.05, 4.69) is 68.5 Å². The largest absolute Gasteiger partial charge is 0.364 e. The van der Waals surface area contributed by atoms with Gasteiger partial charge in [0.05, 0.1) is 0 Å². The first kappa shape index (κ1) is 25.6. The predicted octanol–water partition coefficient (Wildman–Crippen LogP) is 8.10. The van der Waals surface area contributed by atoms with Crippen molar-refractivity contribution in [1.29, 1.82) is 0 Å². The number of nitrogens with zero attached hydrogens (tertiary/aromatic N) is 1. The molecule has 30 heavy (non-hydrogen) atoms.